The quantitative estimate of drug-likeness (QED) is 0.837. The number of hydrogen-bond donors (Lipinski definition) is 1. The van der Waals surface area contributed by atoms with E-state index >= 15 is 0 Å². The van der Waals surface area contributed by atoms with Crippen molar-refractivity contribution >= 4 is 21.8 Å². The molecule has 0 aliphatic heterocycles. The van der Waals surface area contributed by atoms with Crippen LogP contribution in [0, 0.1) is 11.8 Å². The summed E-state index contributed by atoms with van der Waals surface area (Å²) in [6, 6.07) is 1.89. The standard InChI is InChI=1S/C15H24BrN3O/c1-3-13-8-14(19(2)18-13)15(20)17-10-12-7-5-4-6-11(12)9-16/h8,11-12H,3-7,9-10H2,1-2H3,(H,17,20). The molecule has 1 heterocycles. The molecule has 1 aromatic rings. The Kier molecular flexibility index (Phi) is 5.64. The first-order valence-electron chi connectivity index (χ1n) is 7.52. The van der Waals surface area contributed by atoms with Gasteiger partial charge in [-0.1, -0.05) is 35.7 Å². The van der Waals surface area contributed by atoms with Gasteiger partial charge >= 0.3 is 0 Å². The number of aromatic nitrogens is 2. The van der Waals surface area contributed by atoms with Crippen molar-refractivity contribution < 1.29 is 4.79 Å². The summed E-state index contributed by atoms with van der Waals surface area (Å²) >= 11 is 3.60. The summed E-state index contributed by atoms with van der Waals surface area (Å²) in [7, 11) is 1.83. The molecule has 1 aliphatic carbocycles. The molecule has 2 rings (SSSR count). The number of alkyl halides is 1. The molecule has 1 aromatic heterocycles. The third kappa shape index (κ3) is 3.62. The average Bonchev–Trinajstić information content (AvgIpc) is 2.86. The molecule has 0 bridgehead atoms. The van der Waals surface area contributed by atoms with Gasteiger partial charge in [-0.05, 0) is 37.2 Å². The van der Waals surface area contributed by atoms with Crippen LogP contribution in [0.3, 0.4) is 0 Å². The van der Waals surface area contributed by atoms with Crippen LogP contribution in [-0.4, -0.2) is 27.6 Å². The van der Waals surface area contributed by atoms with Crippen molar-refractivity contribution in [3.8, 4) is 0 Å². The van der Waals surface area contributed by atoms with Gasteiger partial charge in [0.15, 0.2) is 0 Å². The lowest BCUT2D eigenvalue weighted by Crippen LogP contribution is -2.35. The molecule has 0 spiro atoms. The van der Waals surface area contributed by atoms with E-state index in [1.54, 1.807) is 4.68 Å². The lowest BCUT2D eigenvalue weighted by atomic mass is 9.80. The van der Waals surface area contributed by atoms with E-state index in [-0.39, 0.29) is 5.91 Å². The lowest BCUT2D eigenvalue weighted by molar-refractivity contribution is 0.0927. The molecule has 112 valence electrons. The van der Waals surface area contributed by atoms with E-state index in [0.29, 0.717) is 17.5 Å². The van der Waals surface area contributed by atoms with Crippen molar-refractivity contribution in [2.24, 2.45) is 18.9 Å². The molecule has 20 heavy (non-hydrogen) atoms. The Morgan fingerprint density at radius 3 is 2.75 bits per heavy atom. The minimum absolute atomic E-state index is 0.00130. The Labute approximate surface area is 129 Å². The highest BCUT2D eigenvalue weighted by Gasteiger charge is 2.25. The van der Waals surface area contributed by atoms with E-state index in [0.717, 1.165) is 24.0 Å². The van der Waals surface area contributed by atoms with Crippen LogP contribution in [0.5, 0.6) is 0 Å². The third-order valence-corrected chi connectivity index (χ3v) is 5.15. The van der Waals surface area contributed by atoms with Gasteiger partial charge < -0.3 is 5.32 Å². The molecule has 1 aliphatic rings. The fourth-order valence-electron chi connectivity index (χ4n) is 2.98. The van der Waals surface area contributed by atoms with Crippen LogP contribution in [0.2, 0.25) is 0 Å². The minimum atomic E-state index is -0.00130. The maximum absolute atomic E-state index is 12.2. The van der Waals surface area contributed by atoms with Crippen molar-refractivity contribution in [1.29, 1.82) is 0 Å². The van der Waals surface area contributed by atoms with Gasteiger partial charge in [0, 0.05) is 18.9 Å². The van der Waals surface area contributed by atoms with Crippen molar-refractivity contribution in [2.45, 2.75) is 39.0 Å². The Bertz CT molecular complexity index is 458. The van der Waals surface area contributed by atoms with E-state index in [9.17, 15) is 4.79 Å². The Balaban J connectivity index is 1.92. The summed E-state index contributed by atoms with van der Waals surface area (Å²) in [5.41, 5.74) is 1.63. The van der Waals surface area contributed by atoms with Crippen LogP contribution >= 0.6 is 15.9 Å². The Hall–Kier alpha value is -0.840. The largest absolute Gasteiger partial charge is 0.350 e. The molecule has 1 N–H and O–H groups in total. The number of rotatable bonds is 5. The van der Waals surface area contributed by atoms with Crippen LogP contribution in [0.4, 0.5) is 0 Å². The van der Waals surface area contributed by atoms with Crippen molar-refractivity contribution in [3.05, 3.63) is 17.5 Å². The molecule has 0 radical (unpaired) electrons. The molecule has 1 saturated carbocycles. The molecule has 0 aromatic carbocycles. The van der Waals surface area contributed by atoms with E-state index in [1.165, 1.54) is 25.7 Å². The third-order valence-electron chi connectivity index (χ3n) is 4.31. The number of halogens is 1. The van der Waals surface area contributed by atoms with Gasteiger partial charge in [-0.2, -0.15) is 5.10 Å². The zero-order chi connectivity index (χ0) is 14.5. The SMILES string of the molecule is CCc1cc(C(=O)NCC2CCCCC2CBr)n(C)n1. The van der Waals surface area contributed by atoms with Crippen LogP contribution in [0.15, 0.2) is 6.07 Å². The van der Waals surface area contributed by atoms with Crippen molar-refractivity contribution in [1.82, 2.24) is 15.1 Å². The van der Waals surface area contributed by atoms with E-state index in [2.05, 4.69) is 26.3 Å². The predicted octanol–water partition coefficient (Wildman–Crippen LogP) is 2.91. The van der Waals surface area contributed by atoms with Gasteiger partial charge in [-0.15, -0.1) is 0 Å². The highest BCUT2D eigenvalue weighted by atomic mass is 79.9. The average molecular weight is 342 g/mol. The molecule has 4 nitrogen and oxygen atoms in total. The number of nitrogens with one attached hydrogen (secondary N) is 1. The van der Waals surface area contributed by atoms with Gasteiger partial charge in [-0.25, -0.2) is 0 Å². The number of aryl methyl sites for hydroxylation is 2. The van der Waals surface area contributed by atoms with Crippen molar-refractivity contribution in [2.75, 3.05) is 11.9 Å². The van der Waals surface area contributed by atoms with Crippen LogP contribution in [-0.2, 0) is 13.5 Å². The second kappa shape index (κ2) is 7.25. The van der Waals surface area contributed by atoms with Gasteiger partial charge in [0.25, 0.3) is 5.91 Å². The highest BCUT2D eigenvalue weighted by Crippen LogP contribution is 2.30. The molecular weight excluding hydrogens is 318 g/mol. The number of carbonyl (C=O) groups is 1. The second-order valence-corrected chi connectivity index (χ2v) is 6.31. The fourth-order valence-corrected chi connectivity index (χ4v) is 3.83. The Morgan fingerprint density at radius 1 is 1.45 bits per heavy atom. The minimum Gasteiger partial charge on any atom is -0.350 e. The van der Waals surface area contributed by atoms with Gasteiger partial charge in [0.2, 0.25) is 0 Å². The summed E-state index contributed by atoms with van der Waals surface area (Å²) in [5, 5.41) is 8.46. The molecule has 1 fully saturated rings. The molecular formula is C15H24BrN3O. The molecule has 0 saturated heterocycles. The summed E-state index contributed by atoms with van der Waals surface area (Å²) in [6.45, 7) is 2.83. The first kappa shape index (κ1) is 15.5. The summed E-state index contributed by atoms with van der Waals surface area (Å²) in [4.78, 5) is 12.2. The topological polar surface area (TPSA) is 46.9 Å². The summed E-state index contributed by atoms with van der Waals surface area (Å²) in [6.07, 6.45) is 5.97. The second-order valence-electron chi connectivity index (χ2n) is 5.67. The highest BCUT2D eigenvalue weighted by molar-refractivity contribution is 9.09. The summed E-state index contributed by atoms with van der Waals surface area (Å²) < 4.78 is 1.68. The van der Waals surface area contributed by atoms with Gasteiger partial charge in [-0.3, -0.25) is 9.48 Å². The molecule has 5 heteroatoms. The molecule has 1 amide bonds. The number of hydrogen-bond acceptors (Lipinski definition) is 2. The van der Waals surface area contributed by atoms with E-state index in [1.807, 2.05) is 20.0 Å². The van der Waals surface area contributed by atoms with Crippen LogP contribution in [0.1, 0.15) is 48.8 Å². The first-order valence-corrected chi connectivity index (χ1v) is 8.65. The fraction of sp³-hybridized carbons (Fsp3) is 0.733. The van der Waals surface area contributed by atoms with E-state index < -0.39 is 0 Å². The smallest absolute Gasteiger partial charge is 0.269 e. The van der Waals surface area contributed by atoms with E-state index in [4.69, 9.17) is 0 Å². The molecule has 2 unspecified atom stereocenters. The molecule has 2 atom stereocenters. The zero-order valence-corrected chi connectivity index (χ0v) is 13.9. The maximum Gasteiger partial charge on any atom is 0.269 e. The first-order chi connectivity index (χ1) is 9.65. The van der Waals surface area contributed by atoms with Gasteiger partial charge in [0.1, 0.15) is 5.69 Å². The normalized spacial score (nSPS) is 22.8. The van der Waals surface area contributed by atoms with Crippen LogP contribution < -0.4 is 5.32 Å². The number of amides is 1. The lowest BCUT2D eigenvalue weighted by Gasteiger charge is -2.30. The maximum atomic E-state index is 12.2. The summed E-state index contributed by atoms with van der Waals surface area (Å²) in [5.74, 6) is 1.30. The number of carbonyl (C=O) groups excluding carboxylic acids is 1. The van der Waals surface area contributed by atoms with Gasteiger partial charge in [0.05, 0.1) is 5.69 Å². The van der Waals surface area contributed by atoms with Crippen molar-refractivity contribution in [3.63, 3.8) is 0 Å². The number of nitrogens with zero attached hydrogens (tertiary/aromatic N) is 2. The Morgan fingerprint density at radius 2 is 2.15 bits per heavy atom. The monoisotopic (exact) mass is 341 g/mol. The zero-order valence-electron chi connectivity index (χ0n) is 12.4. The predicted molar refractivity (Wildman–Crippen MR) is 84.2 cm³/mol. The van der Waals surface area contributed by atoms with Crippen LogP contribution in [0.25, 0.3) is 0 Å².